The van der Waals surface area contributed by atoms with Gasteiger partial charge in [-0.25, -0.2) is 14.4 Å². The Morgan fingerprint density at radius 1 is 1.12 bits per heavy atom. The number of nitrogens with zero attached hydrogens (tertiary/aromatic N) is 3. The van der Waals surface area contributed by atoms with Gasteiger partial charge in [0.1, 0.15) is 23.8 Å². The molecule has 2 aliphatic rings. The maximum Gasteiger partial charge on any atom is 0.171 e. The highest BCUT2D eigenvalue weighted by molar-refractivity contribution is 5.49. The molecule has 4 rings (SSSR count). The van der Waals surface area contributed by atoms with E-state index in [9.17, 15) is 4.39 Å². The molecular formula is C18H21FN4O2. The average molecular weight is 344 g/mol. The smallest absolute Gasteiger partial charge is 0.171 e. The summed E-state index contributed by atoms with van der Waals surface area (Å²) in [5.74, 6) is 0.929. The van der Waals surface area contributed by atoms with Gasteiger partial charge in [-0.1, -0.05) is 18.2 Å². The van der Waals surface area contributed by atoms with Gasteiger partial charge in [-0.05, 0) is 6.07 Å². The van der Waals surface area contributed by atoms with E-state index in [2.05, 4.69) is 20.2 Å². The summed E-state index contributed by atoms with van der Waals surface area (Å²) in [5.41, 5.74) is 0.609. The van der Waals surface area contributed by atoms with Crippen LogP contribution in [-0.4, -0.2) is 42.1 Å². The van der Waals surface area contributed by atoms with Gasteiger partial charge >= 0.3 is 0 Å². The molecule has 0 radical (unpaired) electrons. The van der Waals surface area contributed by atoms with Gasteiger partial charge < -0.3 is 19.7 Å². The zero-order chi connectivity index (χ0) is 17.1. The van der Waals surface area contributed by atoms with Crippen molar-refractivity contribution in [1.29, 1.82) is 0 Å². The maximum atomic E-state index is 13.7. The molecule has 6 nitrogen and oxygen atoms in total. The maximum absolute atomic E-state index is 13.7. The minimum atomic E-state index is -0.393. The summed E-state index contributed by atoms with van der Waals surface area (Å²) in [7, 11) is 0. The summed E-state index contributed by atoms with van der Waals surface area (Å²) in [6.07, 6.45) is 3.19. The third kappa shape index (κ3) is 3.57. The zero-order valence-corrected chi connectivity index (χ0v) is 13.9. The van der Waals surface area contributed by atoms with Crippen molar-refractivity contribution in [2.24, 2.45) is 0 Å². The second-order valence-corrected chi connectivity index (χ2v) is 6.30. The summed E-state index contributed by atoms with van der Waals surface area (Å²) in [6.45, 7) is 3.39. The molecule has 0 atom stereocenters. The summed E-state index contributed by atoms with van der Waals surface area (Å²) < 4.78 is 25.2. The first-order valence-electron chi connectivity index (χ1n) is 8.56. The van der Waals surface area contributed by atoms with Crippen LogP contribution in [0.5, 0.6) is 0 Å². The van der Waals surface area contributed by atoms with Gasteiger partial charge in [0.2, 0.25) is 0 Å². The van der Waals surface area contributed by atoms with Crippen LogP contribution in [0.15, 0.2) is 36.7 Å². The van der Waals surface area contributed by atoms with Gasteiger partial charge in [-0.3, -0.25) is 0 Å². The lowest BCUT2D eigenvalue weighted by Crippen LogP contribution is -2.45. The van der Waals surface area contributed by atoms with E-state index in [0.717, 1.165) is 31.7 Å². The number of aromatic nitrogens is 2. The van der Waals surface area contributed by atoms with Crippen LogP contribution in [-0.2, 0) is 16.0 Å². The van der Waals surface area contributed by atoms with Crippen molar-refractivity contribution in [1.82, 2.24) is 9.97 Å². The number of benzene rings is 1. The lowest BCUT2D eigenvalue weighted by molar-refractivity contribution is -0.169. The van der Waals surface area contributed by atoms with Gasteiger partial charge in [0.15, 0.2) is 5.79 Å². The molecule has 1 aromatic heterocycles. The number of nitrogens with one attached hydrogen (secondary N) is 1. The molecule has 2 aliphatic heterocycles. The van der Waals surface area contributed by atoms with E-state index in [4.69, 9.17) is 9.47 Å². The topological polar surface area (TPSA) is 59.5 Å². The molecule has 25 heavy (non-hydrogen) atoms. The highest BCUT2D eigenvalue weighted by Gasteiger charge is 2.40. The standard InChI is InChI=1S/C18H21FN4O2/c19-15-4-2-1-3-14(15)12-20-16-11-17(22-13-21-16)23-7-5-18(6-8-23)24-9-10-25-18/h1-4,11,13H,5-10,12H2,(H,20,21,22). The lowest BCUT2D eigenvalue weighted by Gasteiger charge is -2.38. The van der Waals surface area contributed by atoms with Gasteiger partial charge in [-0.15, -0.1) is 0 Å². The molecule has 0 unspecified atom stereocenters. The quantitative estimate of drug-likeness (QED) is 0.920. The van der Waals surface area contributed by atoms with Crippen molar-refractivity contribution in [2.75, 3.05) is 36.5 Å². The Bertz CT molecular complexity index is 727. The molecule has 2 aromatic rings. The van der Waals surface area contributed by atoms with Crippen LogP contribution in [0.4, 0.5) is 16.0 Å². The molecule has 0 amide bonds. The van der Waals surface area contributed by atoms with Gasteiger partial charge in [0, 0.05) is 44.1 Å². The Morgan fingerprint density at radius 3 is 2.64 bits per heavy atom. The molecule has 1 aromatic carbocycles. The Morgan fingerprint density at radius 2 is 1.88 bits per heavy atom. The molecule has 132 valence electrons. The first kappa shape index (κ1) is 16.2. The Balaban J connectivity index is 1.39. The molecule has 7 heteroatoms. The molecule has 1 N–H and O–H groups in total. The molecule has 1 spiro atoms. The summed E-state index contributed by atoms with van der Waals surface area (Å²) >= 11 is 0. The van der Waals surface area contributed by atoms with Crippen molar-refractivity contribution >= 4 is 11.6 Å². The van der Waals surface area contributed by atoms with Crippen LogP contribution >= 0.6 is 0 Å². The van der Waals surface area contributed by atoms with Crippen LogP contribution in [0.2, 0.25) is 0 Å². The van der Waals surface area contributed by atoms with E-state index in [0.29, 0.717) is 31.1 Å². The van der Waals surface area contributed by atoms with Gasteiger partial charge in [0.05, 0.1) is 13.2 Å². The number of piperidine rings is 1. The molecule has 0 saturated carbocycles. The number of halogens is 1. The Hall–Kier alpha value is -2.25. The van der Waals surface area contributed by atoms with E-state index in [1.54, 1.807) is 12.1 Å². The van der Waals surface area contributed by atoms with Gasteiger partial charge in [0.25, 0.3) is 0 Å². The van der Waals surface area contributed by atoms with E-state index in [1.807, 2.05) is 12.1 Å². The van der Waals surface area contributed by atoms with E-state index in [-0.39, 0.29) is 5.82 Å². The Labute approximate surface area is 146 Å². The predicted octanol–water partition coefficient (Wildman–Crippen LogP) is 2.57. The number of anilines is 2. The number of hydrogen-bond donors (Lipinski definition) is 1. The first-order valence-corrected chi connectivity index (χ1v) is 8.56. The van der Waals surface area contributed by atoms with Crippen LogP contribution in [0.1, 0.15) is 18.4 Å². The average Bonchev–Trinajstić information content (AvgIpc) is 3.10. The molecule has 0 aliphatic carbocycles. The number of hydrogen-bond acceptors (Lipinski definition) is 6. The van der Waals surface area contributed by atoms with Crippen molar-refractivity contribution < 1.29 is 13.9 Å². The second-order valence-electron chi connectivity index (χ2n) is 6.30. The zero-order valence-electron chi connectivity index (χ0n) is 13.9. The fraction of sp³-hybridized carbons (Fsp3) is 0.444. The minimum Gasteiger partial charge on any atom is -0.366 e. The third-order valence-electron chi connectivity index (χ3n) is 4.73. The summed E-state index contributed by atoms with van der Waals surface area (Å²) in [5, 5.41) is 3.16. The highest BCUT2D eigenvalue weighted by atomic mass is 19.1. The Kier molecular flexibility index (Phi) is 4.50. The lowest BCUT2D eigenvalue weighted by atomic mass is 10.0. The van der Waals surface area contributed by atoms with Crippen LogP contribution < -0.4 is 10.2 Å². The first-order chi connectivity index (χ1) is 12.2. The number of rotatable bonds is 4. The molecule has 3 heterocycles. The molecule has 0 bridgehead atoms. The van der Waals surface area contributed by atoms with Crippen molar-refractivity contribution in [3.05, 3.63) is 48.0 Å². The number of ether oxygens (including phenoxy) is 2. The highest BCUT2D eigenvalue weighted by Crippen LogP contribution is 2.32. The predicted molar refractivity (Wildman–Crippen MR) is 91.8 cm³/mol. The van der Waals surface area contributed by atoms with E-state index >= 15 is 0 Å². The fourth-order valence-corrected chi connectivity index (χ4v) is 3.31. The minimum absolute atomic E-state index is 0.220. The van der Waals surface area contributed by atoms with Crippen LogP contribution in [0.25, 0.3) is 0 Å². The van der Waals surface area contributed by atoms with Crippen molar-refractivity contribution in [2.45, 2.75) is 25.2 Å². The molecule has 2 saturated heterocycles. The third-order valence-corrected chi connectivity index (χ3v) is 4.73. The van der Waals surface area contributed by atoms with Crippen molar-refractivity contribution in [3.8, 4) is 0 Å². The van der Waals surface area contributed by atoms with Crippen molar-refractivity contribution in [3.63, 3.8) is 0 Å². The van der Waals surface area contributed by atoms with Gasteiger partial charge in [-0.2, -0.15) is 0 Å². The monoisotopic (exact) mass is 344 g/mol. The molecule has 2 fully saturated rings. The van der Waals surface area contributed by atoms with Crippen LogP contribution in [0.3, 0.4) is 0 Å². The SMILES string of the molecule is Fc1ccccc1CNc1cc(N2CCC3(CC2)OCCO3)ncn1. The molecular weight excluding hydrogens is 323 g/mol. The normalized spacial score (nSPS) is 19.3. The second kappa shape index (κ2) is 6.93. The largest absolute Gasteiger partial charge is 0.366 e. The van der Waals surface area contributed by atoms with Crippen LogP contribution in [0, 0.1) is 5.82 Å². The summed E-state index contributed by atoms with van der Waals surface area (Å²) in [4.78, 5) is 10.8. The fourth-order valence-electron chi connectivity index (χ4n) is 3.31. The van der Waals surface area contributed by atoms with E-state index < -0.39 is 5.79 Å². The van der Waals surface area contributed by atoms with E-state index in [1.165, 1.54) is 12.4 Å². The summed E-state index contributed by atoms with van der Waals surface area (Å²) in [6, 6.07) is 8.62.